The molecule has 4 saturated carbocycles. The Bertz CT molecular complexity index is 624. The number of methoxy groups -OCH3 is 1. The average Bonchev–Trinajstić information content (AvgIpc) is 3.03. The van der Waals surface area contributed by atoms with Crippen LogP contribution >= 0.6 is 0 Å². The summed E-state index contributed by atoms with van der Waals surface area (Å²) < 4.78 is 4.89. The van der Waals surface area contributed by atoms with Crippen molar-refractivity contribution in [3.8, 4) is 0 Å². The highest BCUT2D eigenvalue weighted by atomic mass is 16.5. The third-order valence-electron chi connectivity index (χ3n) is 10.4. The van der Waals surface area contributed by atoms with E-state index in [-0.39, 0.29) is 5.97 Å². The fourth-order valence-electron chi connectivity index (χ4n) is 8.78. The van der Waals surface area contributed by atoms with Crippen LogP contribution in [0.1, 0.15) is 91.4 Å². The van der Waals surface area contributed by atoms with Crippen LogP contribution in [0.3, 0.4) is 0 Å². The molecule has 4 aliphatic rings. The summed E-state index contributed by atoms with van der Waals surface area (Å²) in [7, 11) is 1.51. The quantitative estimate of drug-likeness (QED) is 0.393. The van der Waals surface area contributed by atoms with Gasteiger partial charge in [-0.3, -0.25) is 4.79 Å². The Labute approximate surface area is 172 Å². The lowest BCUT2D eigenvalue weighted by Gasteiger charge is -2.61. The lowest BCUT2D eigenvalue weighted by Crippen LogP contribution is -2.53. The monoisotopic (exact) mass is 386 g/mol. The molecule has 8 atom stereocenters. The lowest BCUT2D eigenvalue weighted by molar-refractivity contribution is -0.141. The number of hydrogen-bond donors (Lipinski definition) is 0. The molecular formula is C26H42O2. The minimum absolute atomic E-state index is 0.0413. The summed E-state index contributed by atoms with van der Waals surface area (Å²) in [5.41, 5.74) is 2.58. The summed E-state index contributed by atoms with van der Waals surface area (Å²) in [5, 5.41) is 0. The molecular weight excluding hydrogens is 344 g/mol. The molecule has 4 rings (SSSR count). The van der Waals surface area contributed by atoms with E-state index in [2.05, 4.69) is 27.4 Å². The summed E-state index contributed by atoms with van der Waals surface area (Å²) in [5.74, 6) is 5.09. The Morgan fingerprint density at radius 2 is 1.86 bits per heavy atom. The Balaban J connectivity index is 1.49. The van der Waals surface area contributed by atoms with E-state index in [0.29, 0.717) is 23.2 Å². The minimum Gasteiger partial charge on any atom is -0.469 e. The molecule has 0 heterocycles. The van der Waals surface area contributed by atoms with Crippen LogP contribution in [0.4, 0.5) is 0 Å². The maximum absolute atomic E-state index is 11.6. The largest absolute Gasteiger partial charge is 0.469 e. The van der Waals surface area contributed by atoms with E-state index in [9.17, 15) is 4.79 Å². The van der Waals surface area contributed by atoms with Crippen LogP contribution in [0.2, 0.25) is 0 Å². The van der Waals surface area contributed by atoms with E-state index in [1.165, 1.54) is 70.5 Å². The number of carbonyl (C=O) groups is 1. The Morgan fingerprint density at radius 1 is 1.11 bits per heavy atom. The van der Waals surface area contributed by atoms with Crippen LogP contribution in [-0.4, -0.2) is 13.1 Å². The third kappa shape index (κ3) is 3.18. The van der Waals surface area contributed by atoms with Crippen LogP contribution in [0.25, 0.3) is 0 Å². The van der Waals surface area contributed by atoms with Gasteiger partial charge in [0.1, 0.15) is 0 Å². The molecule has 0 aromatic rings. The second kappa shape index (κ2) is 7.47. The van der Waals surface area contributed by atoms with Gasteiger partial charge in [0.05, 0.1) is 7.11 Å². The number of rotatable bonds is 4. The molecule has 4 aliphatic carbocycles. The number of fused-ring (bicyclic) bond motifs is 5. The van der Waals surface area contributed by atoms with Crippen LogP contribution < -0.4 is 0 Å². The topological polar surface area (TPSA) is 26.3 Å². The van der Waals surface area contributed by atoms with Crippen LogP contribution in [0.5, 0.6) is 0 Å². The van der Waals surface area contributed by atoms with Gasteiger partial charge in [0.2, 0.25) is 0 Å². The molecule has 0 aromatic carbocycles. The van der Waals surface area contributed by atoms with Crippen LogP contribution in [-0.2, 0) is 9.53 Å². The fraction of sp³-hybridized carbons (Fsp3) is 0.885. The van der Waals surface area contributed by atoms with Crippen molar-refractivity contribution in [2.24, 2.45) is 46.3 Å². The highest BCUT2D eigenvalue weighted by Crippen LogP contribution is 2.68. The van der Waals surface area contributed by atoms with Crippen molar-refractivity contribution in [3.63, 3.8) is 0 Å². The maximum atomic E-state index is 11.6. The summed E-state index contributed by atoms with van der Waals surface area (Å²) in [6, 6.07) is 0. The highest BCUT2D eigenvalue weighted by Gasteiger charge is 2.60. The summed E-state index contributed by atoms with van der Waals surface area (Å²) in [6.07, 6.45) is 14.1. The van der Waals surface area contributed by atoms with Gasteiger partial charge in [-0.15, -0.1) is 0 Å². The van der Waals surface area contributed by atoms with Crippen LogP contribution in [0, 0.1) is 46.3 Å². The predicted octanol–water partition coefficient (Wildman–Crippen LogP) is 6.79. The fourth-order valence-corrected chi connectivity index (χ4v) is 8.78. The Kier molecular flexibility index (Phi) is 5.47. The first-order chi connectivity index (χ1) is 13.3. The molecule has 0 N–H and O–H groups in total. The van der Waals surface area contributed by atoms with Gasteiger partial charge < -0.3 is 4.74 Å². The molecule has 4 fully saturated rings. The summed E-state index contributed by atoms with van der Waals surface area (Å²) >= 11 is 0. The zero-order chi connectivity index (χ0) is 20.1. The molecule has 0 saturated heterocycles. The first-order valence-electron chi connectivity index (χ1n) is 12.0. The molecule has 1 unspecified atom stereocenters. The van der Waals surface area contributed by atoms with E-state index in [1.54, 1.807) is 0 Å². The molecule has 28 heavy (non-hydrogen) atoms. The van der Waals surface area contributed by atoms with Gasteiger partial charge in [0.25, 0.3) is 0 Å². The number of carbonyl (C=O) groups excluding carboxylic acids is 1. The van der Waals surface area contributed by atoms with Crippen molar-refractivity contribution >= 4 is 5.97 Å². The van der Waals surface area contributed by atoms with E-state index >= 15 is 0 Å². The van der Waals surface area contributed by atoms with Crippen LogP contribution in [0.15, 0.2) is 12.2 Å². The second-order valence-electron chi connectivity index (χ2n) is 11.4. The molecule has 0 aromatic heterocycles. The van der Waals surface area contributed by atoms with Crippen molar-refractivity contribution in [1.29, 1.82) is 0 Å². The summed E-state index contributed by atoms with van der Waals surface area (Å²) in [4.78, 5) is 11.6. The Hall–Kier alpha value is -0.790. The lowest BCUT2D eigenvalue weighted by atomic mass is 9.44. The smallest absolute Gasteiger partial charge is 0.305 e. The molecule has 0 radical (unpaired) electrons. The minimum atomic E-state index is -0.0413. The molecule has 0 amide bonds. The first kappa shape index (κ1) is 20.5. The molecule has 0 spiro atoms. The van der Waals surface area contributed by atoms with E-state index in [4.69, 9.17) is 4.74 Å². The number of hydrogen-bond acceptors (Lipinski definition) is 2. The van der Waals surface area contributed by atoms with Gasteiger partial charge in [-0.2, -0.15) is 0 Å². The van der Waals surface area contributed by atoms with Gasteiger partial charge in [-0.05, 0) is 111 Å². The average molecular weight is 387 g/mol. The van der Waals surface area contributed by atoms with E-state index < -0.39 is 0 Å². The maximum Gasteiger partial charge on any atom is 0.305 e. The first-order valence-corrected chi connectivity index (χ1v) is 12.0. The van der Waals surface area contributed by atoms with Gasteiger partial charge in [0, 0.05) is 6.42 Å². The highest BCUT2D eigenvalue weighted by molar-refractivity contribution is 5.69. The SMILES string of the molecule is C=C1CC[C@@]2(C)C(CC[C@H]3[C@@H]4CC[C@H]([C@H](C)CCC(=O)OC)[C@@]4(C)CC[C@@H]32)C1. The van der Waals surface area contributed by atoms with Crippen molar-refractivity contribution in [1.82, 2.24) is 0 Å². The van der Waals surface area contributed by atoms with Crippen molar-refractivity contribution < 1.29 is 9.53 Å². The number of esters is 1. The van der Waals surface area contributed by atoms with Gasteiger partial charge >= 0.3 is 5.97 Å². The van der Waals surface area contributed by atoms with Crippen molar-refractivity contribution in [2.45, 2.75) is 91.4 Å². The number of allylic oxidation sites excluding steroid dienone is 1. The van der Waals surface area contributed by atoms with Gasteiger partial charge in [0.15, 0.2) is 0 Å². The van der Waals surface area contributed by atoms with Crippen molar-refractivity contribution in [2.75, 3.05) is 7.11 Å². The normalized spacial score (nSPS) is 46.3. The molecule has 158 valence electrons. The standard InChI is InChI=1S/C26H42O2/c1-17-12-14-25(3)19(16-17)7-8-20-22-10-9-21(18(2)6-11-24(27)28-5)26(22,4)15-13-23(20)25/h18-23H,1,6-16H2,2-5H3/t18-,19?,20+,21-,22+,23+,25+,26-/m1/s1. The van der Waals surface area contributed by atoms with E-state index in [1.807, 2.05) is 0 Å². The Morgan fingerprint density at radius 3 is 2.61 bits per heavy atom. The zero-order valence-electron chi connectivity index (χ0n) is 18.8. The molecule has 2 nitrogen and oxygen atoms in total. The van der Waals surface area contributed by atoms with Gasteiger partial charge in [-0.1, -0.05) is 32.9 Å². The van der Waals surface area contributed by atoms with Gasteiger partial charge in [-0.25, -0.2) is 0 Å². The second-order valence-corrected chi connectivity index (χ2v) is 11.4. The number of ether oxygens (including phenoxy) is 1. The molecule has 0 bridgehead atoms. The summed E-state index contributed by atoms with van der Waals surface area (Å²) in [6.45, 7) is 12.0. The van der Waals surface area contributed by atoms with E-state index in [0.717, 1.165) is 36.0 Å². The third-order valence-corrected chi connectivity index (χ3v) is 10.4. The zero-order valence-corrected chi connectivity index (χ0v) is 18.8. The molecule has 0 aliphatic heterocycles. The molecule has 2 heteroatoms. The predicted molar refractivity (Wildman–Crippen MR) is 115 cm³/mol. The van der Waals surface area contributed by atoms with Crippen molar-refractivity contribution in [3.05, 3.63) is 12.2 Å².